The van der Waals surface area contributed by atoms with E-state index in [9.17, 15) is 4.79 Å². The van der Waals surface area contributed by atoms with Crippen molar-refractivity contribution in [3.8, 4) is 0 Å². The van der Waals surface area contributed by atoms with Gasteiger partial charge in [0.2, 0.25) is 5.91 Å². The van der Waals surface area contributed by atoms with Crippen LogP contribution in [0.3, 0.4) is 0 Å². The molecule has 2 aliphatic carbocycles. The van der Waals surface area contributed by atoms with Gasteiger partial charge >= 0.3 is 0 Å². The van der Waals surface area contributed by atoms with Gasteiger partial charge in [-0.25, -0.2) is 0 Å². The summed E-state index contributed by atoms with van der Waals surface area (Å²) in [5.41, 5.74) is 11.6. The number of rotatable bonds is 2. The van der Waals surface area contributed by atoms with E-state index in [1.54, 1.807) is 0 Å². The maximum atomic E-state index is 10.8. The van der Waals surface area contributed by atoms with E-state index in [0.29, 0.717) is 11.8 Å². The van der Waals surface area contributed by atoms with E-state index in [-0.39, 0.29) is 11.4 Å². The normalized spacial score (nSPS) is 36.1. The molecule has 3 heteroatoms. The molecule has 2 saturated carbocycles. The van der Waals surface area contributed by atoms with Gasteiger partial charge in [-0.05, 0) is 37.5 Å². The monoisotopic (exact) mass is 182 g/mol. The van der Waals surface area contributed by atoms with E-state index in [2.05, 4.69) is 0 Å². The van der Waals surface area contributed by atoms with Gasteiger partial charge in [-0.3, -0.25) is 4.79 Å². The van der Waals surface area contributed by atoms with Crippen LogP contribution in [0.5, 0.6) is 0 Å². The van der Waals surface area contributed by atoms with E-state index in [1.165, 1.54) is 25.7 Å². The summed E-state index contributed by atoms with van der Waals surface area (Å²) in [5, 5.41) is 0. The third-order valence-corrected chi connectivity index (χ3v) is 3.59. The summed E-state index contributed by atoms with van der Waals surface area (Å²) in [6.45, 7) is 0. The lowest BCUT2D eigenvalue weighted by Crippen LogP contribution is -2.47. The van der Waals surface area contributed by atoms with Crippen LogP contribution in [0.15, 0.2) is 0 Å². The quantitative estimate of drug-likeness (QED) is 0.666. The zero-order valence-electron chi connectivity index (χ0n) is 8.01. The molecule has 0 saturated heterocycles. The minimum absolute atomic E-state index is 0.250. The Bertz CT molecular complexity index is 235. The molecule has 1 unspecified atom stereocenters. The van der Waals surface area contributed by atoms with Gasteiger partial charge in [0, 0.05) is 12.0 Å². The SMILES string of the molecule is NC(=O)CC1(N)CCCC2(CC2)C1. The molecule has 0 aromatic heterocycles. The van der Waals surface area contributed by atoms with Crippen LogP contribution in [0.25, 0.3) is 0 Å². The Morgan fingerprint density at radius 2 is 1.92 bits per heavy atom. The number of primary amides is 1. The maximum absolute atomic E-state index is 10.8. The summed E-state index contributed by atoms with van der Waals surface area (Å²) in [5.74, 6) is -0.250. The van der Waals surface area contributed by atoms with Crippen LogP contribution in [-0.4, -0.2) is 11.4 Å². The van der Waals surface area contributed by atoms with Crippen LogP contribution in [0.2, 0.25) is 0 Å². The molecule has 0 aromatic carbocycles. The topological polar surface area (TPSA) is 69.1 Å². The Balaban J connectivity index is 2.00. The highest BCUT2D eigenvalue weighted by Crippen LogP contribution is 2.58. The van der Waals surface area contributed by atoms with Crippen molar-refractivity contribution in [2.24, 2.45) is 16.9 Å². The maximum Gasteiger partial charge on any atom is 0.219 e. The fraction of sp³-hybridized carbons (Fsp3) is 0.900. The molecule has 0 radical (unpaired) electrons. The Kier molecular flexibility index (Phi) is 1.88. The highest BCUT2D eigenvalue weighted by molar-refractivity contribution is 5.75. The van der Waals surface area contributed by atoms with E-state index in [4.69, 9.17) is 11.5 Å². The Labute approximate surface area is 78.9 Å². The van der Waals surface area contributed by atoms with Gasteiger partial charge in [0.1, 0.15) is 0 Å². The van der Waals surface area contributed by atoms with Crippen LogP contribution in [0.1, 0.15) is 44.9 Å². The second kappa shape index (κ2) is 2.71. The van der Waals surface area contributed by atoms with Crippen LogP contribution >= 0.6 is 0 Å². The van der Waals surface area contributed by atoms with Crippen LogP contribution < -0.4 is 11.5 Å². The second-order valence-electron chi connectivity index (χ2n) is 5.04. The molecule has 2 rings (SSSR count). The van der Waals surface area contributed by atoms with Crippen LogP contribution in [-0.2, 0) is 4.79 Å². The Hall–Kier alpha value is -0.570. The first-order chi connectivity index (χ1) is 6.04. The number of hydrogen-bond acceptors (Lipinski definition) is 2. The zero-order chi connectivity index (χ0) is 9.53. The summed E-state index contributed by atoms with van der Waals surface area (Å²) in [7, 11) is 0. The predicted octanol–water partition coefficient (Wildman–Crippen LogP) is 0.913. The molecule has 3 nitrogen and oxygen atoms in total. The van der Waals surface area contributed by atoms with Gasteiger partial charge < -0.3 is 11.5 Å². The van der Waals surface area contributed by atoms with Gasteiger partial charge in [0.25, 0.3) is 0 Å². The fourth-order valence-electron chi connectivity index (χ4n) is 2.84. The lowest BCUT2D eigenvalue weighted by atomic mass is 9.72. The number of carbonyl (C=O) groups excluding carboxylic acids is 1. The molecular weight excluding hydrogens is 164 g/mol. The number of carbonyl (C=O) groups is 1. The zero-order valence-corrected chi connectivity index (χ0v) is 8.01. The van der Waals surface area contributed by atoms with Gasteiger partial charge in [-0.1, -0.05) is 6.42 Å². The third kappa shape index (κ3) is 1.85. The molecular formula is C10H18N2O. The van der Waals surface area contributed by atoms with Crippen LogP contribution in [0, 0.1) is 5.41 Å². The van der Waals surface area contributed by atoms with E-state index >= 15 is 0 Å². The number of nitrogens with two attached hydrogens (primary N) is 2. The van der Waals surface area contributed by atoms with Gasteiger partial charge in [-0.2, -0.15) is 0 Å². The highest BCUT2D eigenvalue weighted by atomic mass is 16.1. The minimum Gasteiger partial charge on any atom is -0.370 e. The van der Waals surface area contributed by atoms with Crippen molar-refractivity contribution >= 4 is 5.91 Å². The van der Waals surface area contributed by atoms with Crippen molar-refractivity contribution in [3.05, 3.63) is 0 Å². The molecule has 1 amide bonds. The Morgan fingerprint density at radius 3 is 2.46 bits per heavy atom. The minimum atomic E-state index is -0.277. The molecule has 13 heavy (non-hydrogen) atoms. The van der Waals surface area contributed by atoms with Crippen LogP contribution in [0.4, 0.5) is 0 Å². The molecule has 4 N–H and O–H groups in total. The summed E-state index contributed by atoms with van der Waals surface area (Å²) < 4.78 is 0. The number of amides is 1. The third-order valence-electron chi connectivity index (χ3n) is 3.59. The molecule has 1 atom stereocenters. The lowest BCUT2D eigenvalue weighted by molar-refractivity contribution is -0.119. The molecule has 0 bridgehead atoms. The molecule has 0 heterocycles. The second-order valence-corrected chi connectivity index (χ2v) is 5.04. The lowest BCUT2D eigenvalue weighted by Gasteiger charge is -2.37. The molecule has 0 aliphatic heterocycles. The fourth-order valence-corrected chi connectivity index (χ4v) is 2.84. The smallest absolute Gasteiger partial charge is 0.219 e. The van der Waals surface area contributed by atoms with Gasteiger partial charge in [0.15, 0.2) is 0 Å². The summed E-state index contributed by atoms with van der Waals surface area (Å²) in [4.78, 5) is 10.8. The first kappa shape index (κ1) is 9.00. The average molecular weight is 182 g/mol. The van der Waals surface area contributed by atoms with E-state index < -0.39 is 0 Å². The standard InChI is InChI=1S/C10H18N2O/c11-8(13)6-10(12)3-1-2-9(7-10)4-5-9/h1-7,12H2,(H2,11,13). The summed E-state index contributed by atoms with van der Waals surface area (Å²) in [6.07, 6.45) is 7.46. The van der Waals surface area contributed by atoms with Gasteiger partial charge in [-0.15, -0.1) is 0 Å². The Morgan fingerprint density at radius 1 is 1.23 bits per heavy atom. The summed E-state index contributed by atoms with van der Waals surface area (Å²) >= 11 is 0. The molecule has 2 aliphatic rings. The number of hydrogen-bond donors (Lipinski definition) is 2. The molecule has 74 valence electrons. The van der Waals surface area contributed by atoms with E-state index in [0.717, 1.165) is 12.8 Å². The van der Waals surface area contributed by atoms with Crippen molar-refractivity contribution in [2.75, 3.05) is 0 Å². The first-order valence-corrected chi connectivity index (χ1v) is 5.11. The first-order valence-electron chi connectivity index (χ1n) is 5.11. The van der Waals surface area contributed by atoms with Crippen molar-refractivity contribution < 1.29 is 4.79 Å². The van der Waals surface area contributed by atoms with Crippen molar-refractivity contribution in [3.63, 3.8) is 0 Å². The molecule has 0 aromatic rings. The average Bonchev–Trinajstić information content (AvgIpc) is 2.65. The molecule has 2 fully saturated rings. The van der Waals surface area contributed by atoms with Crippen molar-refractivity contribution in [2.45, 2.75) is 50.5 Å². The predicted molar refractivity (Wildman–Crippen MR) is 50.9 cm³/mol. The largest absolute Gasteiger partial charge is 0.370 e. The van der Waals surface area contributed by atoms with Gasteiger partial charge in [0.05, 0.1) is 0 Å². The van der Waals surface area contributed by atoms with E-state index in [1.807, 2.05) is 0 Å². The molecule has 1 spiro atoms. The van der Waals surface area contributed by atoms with Crippen molar-refractivity contribution in [1.29, 1.82) is 0 Å². The van der Waals surface area contributed by atoms with Crippen molar-refractivity contribution in [1.82, 2.24) is 0 Å². The highest BCUT2D eigenvalue weighted by Gasteiger charge is 2.50. The summed E-state index contributed by atoms with van der Waals surface area (Å²) in [6, 6.07) is 0.